The molecule has 0 aliphatic carbocycles. The highest BCUT2D eigenvalue weighted by atomic mass is 32.1. The van der Waals surface area contributed by atoms with E-state index in [0.717, 1.165) is 23.4 Å². The summed E-state index contributed by atoms with van der Waals surface area (Å²) in [7, 11) is 1.65. The molecule has 0 fully saturated rings. The van der Waals surface area contributed by atoms with E-state index in [0.29, 0.717) is 0 Å². The van der Waals surface area contributed by atoms with Crippen molar-refractivity contribution in [2.45, 2.75) is 13.3 Å². The lowest BCUT2D eigenvalue weighted by Gasteiger charge is -2.03. The summed E-state index contributed by atoms with van der Waals surface area (Å²) >= 11 is 4.65. The minimum absolute atomic E-state index is 0.175. The first kappa shape index (κ1) is 12.4. The largest absolute Gasteiger partial charge is 0.497 e. The number of hydrogen-bond donors (Lipinski definition) is 2. The molecule has 1 aromatic rings. The second-order valence-corrected chi connectivity index (χ2v) is 3.79. The van der Waals surface area contributed by atoms with E-state index in [-0.39, 0.29) is 5.11 Å². The number of nitrogens with zero attached hydrogens (tertiary/aromatic N) is 1. The van der Waals surface area contributed by atoms with E-state index in [1.54, 1.807) is 7.11 Å². The van der Waals surface area contributed by atoms with Gasteiger partial charge in [-0.1, -0.05) is 12.1 Å². The Bertz CT molecular complexity index is 387. The lowest BCUT2D eigenvalue weighted by atomic mass is 10.1. The number of methoxy groups -OCH3 is 1. The van der Waals surface area contributed by atoms with E-state index in [9.17, 15) is 0 Å². The first-order chi connectivity index (χ1) is 7.61. The van der Waals surface area contributed by atoms with Crippen molar-refractivity contribution in [1.82, 2.24) is 5.43 Å². The lowest BCUT2D eigenvalue weighted by molar-refractivity contribution is 0.414. The van der Waals surface area contributed by atoms with Crippen molar-refractivity contribution in [3.63, 3.8) is 0 Å². The molecule has 0 amide bonds. The highest BCUT2D eigenvalue weighted by Gasteiger charge is 1.97. The third kappa shape index (κ3) is 4.27. The Morgan fingerprint density at radius 3 is 2.56 bits per heavy atom. The lowest BCUT2D eigenvalue weighted by Crippen LogP contribution is -2.25. The molecule has 0 heterocycles. The van der Waals surface area contributed by atoms with E-state index in [2.05, 4.69) is 22.7 Å². The van der Waals surface area contributed by atoms with E-state index < -0.39 is 0 Å². The molecule has 0 saturated carbocycles. The van der Waals surface area contributed by atoms with Gasteiger partial charge in [-0.3, -0.25) is 5.43 Å². The minimum atomic E-state index is 0.175. The van der Waals surface area contributed by atoms with Crippen LogP contribution in [0.1, 0.15) is 12.5 Å². The van der Waals surface area contributed by atoms with Gasteiger partial charge in [0.25, 0.3) is 0 Å². The molecule has 0 spiro atoms. The predicted octanol–water partition coefficient (Wildman–Crippen LogP) is 1.45. The summed E-state index contributed by atoms with van der Waals surface area (Å²) in [6.45, 7) is 1.91. The zero-order chi connectivity index (χ0) is 12.0. The normalized spacial score (nSPS) is 11.0. The third-order valence-electron chi connectivity index (χ3n) is 1.98. The minimum Gasteiger partial charge on any atom is -0.497 e. The van der Waals surface area contributed by atoms with Gasteiger partial charge < -0.3 is 10.5 Å². The van der Waals surface area contributed by atoms with Gasteiger partial charge in [-0.15, -0.1) is 0 Å². The number of ether oxygens (including phenoxy) is 1. The SMILES string of the molecule is COc1ccc(C/C(C)=N/NC(N)=S)cc1. The summed E-state index contributed by atoms with van der Waals surface area (Å²) in [6, 6.07) is 7.84. The van der Waals surface area contributed by atoms with Gasteiger partial charge >= 0.3 is 0 Å². The number of hydrazone groups is 1. The summed E-state index contributed by atoms with van der Waals surface area (Å²) < 4.78 is 5.08. The van der Waals surface area contributed by atoms with Crippen LogP contribution in [0.25, 0.3) is 0 Å². The second kappa shape index (κ2) is 6.07. The molecule has 0 radical (unpaired) electrons. The zero-order valence-electron chi connectivity index (χ0n) is 9.36. The molecular weight excluding hydrogens is 222 g/mol. The van der Waals surface area contributed by atoms with Crippen LogP contribution in [0.15, 0.2) is 29.4 Å². The quantitative estimate of drug-likeness (QED) is 0.473. The van der Waals surface area contributed by atoms with Gasteiger partial charge in [0.15, 0.2) is 5.11 Å². The van der Waals surface area contributed by atoms with Crippen LogP contribution in [-0.4, -0.2) is 17.9 Å². The van der Waals surface area contributed by atoms with E-state index in [4.69, 9.17) is 10.5 Å². The van der Waals surface area contributed by atoms with Crippen molar-refractivity contribution < 1.29 is 4.74 Å². The first-order valence-corrected chi connectivity index (χ1v) is 5.24. The van der Waals surface area contributed by atoms with Crippen LogP contribution < -0.4 is 15.9 Å². The maximum Gasteiger partial charge on any atom is 0.184 e. The monoisotopic (exact) mass is 237 g/mol. The molecule has 0 bridgehead atoms. The molecule has 0 aromatic heterocycles. The summed E-state index contributed by atoms with van der Waals surface area (Å²) in [5, 5.41) is 4.21. The highest BCUT2D eigenvalue weighted by molar-refractivity contribution is 7.80. The third-order valence-corrected chi connectivity index (χ3v) is 2.07. The maximum atomic E-state index is 5.27. The van der Waals surface area contributed by atoms with Crippen LogP contribution in [0.2, 0.25) is 0 Å². The maximum absolute atomic E-state index is 5.27. The topological polar surface area (TPSA) is 59.6 Å². The summed E-state index contributed by atoms with van der Waals surface area (Å²) in [5.74, 6) is 0.847. The fourth-order valence-electron chi connectivity index (χ4n) is 1.23. The van der Waals surface area contributed by atoms with Gasteiger partial charge in [-0.25, -0.2) is 0 Å². The van der Waals surface area contributed by atoms with E-state index in [1.807, 2.05) is 31.2 Å². The number of hydrogen-bond acceptors (Lipinski definition) is 3. The molecule has 0 aliphatic heterocycles. The van der Waals surface area contributed by atoms with Crippen LogP contribution >= 0.6 is 12.2 Å². The Labute approximate surface area is 100 Å². The van der Waals surface area contributed by atoms with Crippen molar-refractivity contribution in [3.05, 3.63) is 29.8 Å². The summed E-state index contributed by atoms with van der Waals surface area (Å²) in [4.78, 5) is 0. The van der Waals surface area contributed by atoms with E-state index in [1.165, 1.54) is 0 Å². The standard InChI is InChI=1S/C11H15N3OS/c1-8(13-14-11(12)16)7-9-3-5-10(15-2)6-4-9/h3-6H,7H2,1-2H3,(H3,12,14,16)/b13-8+. The van der Waals surface area contributed by atoms with Gasteiger partial charge in [0, 0.05) is 12.1 Å². The molecule has 16 heavy (non-hydrogen) atoms. The first-order valence-electron chi connectivity index (χ1n) is 4.83. The summed E-state index contributed by atoms with van der Waals surface area (Å²) in [5.41, 5.74) is 9.90. The molecule has 0 saturated heterocycles. The second-order valence-electron chi connectivity index (χ2n) is 3.35. The van der Waals surface area contributed by atoms with E-state index >= 15 is 0 Å². The van der Waals surface area contributed by atoms with Crippen LogP contribution in [0.5, 0.6) is 5.75 Å². The van der Waals surface area contributed by atoms with Gasteiger partial charge in [-0.05, 0) is 36.8 Å². The Morgan fingerprint density at radius 2 is 2.06 bits per heavy atom. The van der Waals surface area contributed by atoms with Crippen LogP contribution in [0.3, 0.4) is 0 Å². The smallest absolute Gasteiger partial charge is 0.184 e. The summed E-state index contributed by atoms with van der Waals surface area (Å²) in [6.07, 6.45) is 0.750. The number of rotatable bonds is 4. The van der Waals surface area contributed by atoms with Crippen LogP contribution in [-0.2, 0) is 6.42 Å². The highest BCUT2D eigenvalue weighted by Crippen LogP contribution is 2.11. The molecule has 1 rings (SSSR count). The zero-order valence-corrected chi connectivity index (χ0v) is 10.2. The molecule has 0 atom stereocenters. The van der Waals surface area contributed by atoms with Gasteiger partial charge in [0.2, 0.25) is 0 Å². The molecular formula is C11H15N3OS. The van der Waals surface area contributed by atoms with Crippen molar-refractivity contribution in [1.29, 1.82) is 0 Å². The van der Waals surface area contributed by atoms with Crippen LogP contribution in [0.4, 0.5) is 0 Å². The Morgan fingerprint density at radius 1 is 1.44 bits per heavy atom. The predicted molar refractivity (Wildman–Crippen MR) is 69.7 cm³/mol. The fourth-order valence-corrected chi connectivity index (χ4v) is 1.27. The van der Waals surface area contributed by atoms with Gasteiger partial charge in [-0.2, -0.15) is 5.10 Å². The fraction of sp³-hybridized carbons (Fsp3) is 0.273. The number of benzene rings is 1. The average Bonchev–Trinajstić information content (AvgIpc) is 2.27. The van der Waals surface area contributed by atoms with Crippen LogP contribution in [0, 0.1) is 0 Å². The molecule has 0 aliphatic rings. The van der Waals surface area contributed by atoms with Crippen molar-refractivity contribution in [2.24, 2.45) is 10.8 Å². The molecule has 4 nitrogen and oxygen atoms in total. The number of nitrogens with two attached hydrogens (primary N) is 1. The molecule has 1 aromatic carbocycles. The number of nitrogens with one attached hydrogen (secondary N) is 1. The van der Waals surface area contributed by atoms with Crippen molar-refractivity contribution >= 4 is 23.0 Å². The van der Waals surface area contributed by atoms with Crippen molar-refractivity contribution in [2.75, 3.05) is 7.11 Å². The molecule has 3 N–H and O–H groups in total. The Hall–Kier alpha value is -1.62. The van der Waals surface area contributed by atoms with Gasteiger partial charge in [0.1, 0.15) is 5.75 Å². The average molecular weight is 237 g/mol. The Kier molecular flexibility index (Phi) is 4.72. The molecule has 5 heteroatoms. The van der Waals surface area contributed by atoms with Crippen molar-refractivity contribution in [3.8, 4) is 5.75 Å². The molecule has 86 valence electrons. The Balaban J connectivity index is 2.58. The molecule has 0 unspecified atom stereocenters. The van der Waals surface area contributed by atoms with Gasteiger partial charge in [0.05, 0.1) is 7.11 Å². The number of thiocarbonyl (C=S) groups is 1.